The van der Waals surface area contributed by atoms with Crippen molar-refractivity contribution in [3.63, 3.8) is 0 Å². The molecule has 114 valence electrons. The summed E-state index contributed by atoms with van der Waals surface area (Å²) in [5, 5.41) is 3.53. The summed E-state index contributed by atoms with van der Waals surface area (Å²) in [5.74, 6) is 1.64. The molecule has 0 saturated heterocycles. The van der Waals surface area contributed by atoms with Crippen molar-refractivity contribution < 1.29 is 9.47 Å². The SMILES string of the molecule is CCCNC(c1cn(C)cn1)c1cc(OC)ccc1OC. The van der Waals surface area contributed by atoms with E-state index in [1.165, 1.54) is 0 Å². The Labute approximate surface area is 125 Å². The number of aromatic nitrogens is 2. The zero-order valence-corrected chi connectivity index (χ0v) is 13.1. The highest BCUT2D eigenvalue weighted by molar-refractivity contribution is 5.44. The van der Waals surface area contributed by atoms with Gasteiger partial charge in [-0.15, -0.1) is 0 Å². The fourth-order valence-corrected chi connectivity index (χ4v) is 2.31. The van der Waals surface area contributed by atoms with Crippen molar-refractivity contribution in [2.45, 2.75) is 19.4 Å². The first-order valence-corrected chi connectivity index (χ1v) is 7.12. The first-order valence-electron chi connectivity index (χ1n) is 7.12. The second kappa shape index (κ2) is 7.13. The third kappa shape index (κ3) is 3.55. The van der Waals surface area contributed by atoms with Crippen LogP contribution in [0.3, 0.4) is 0 Å². The van der Waals surface area contributed by atoms with Crippen LogP contribution < -0.4 is 14.8 Å². The normalized spacial score (nSPS) is 12.2. The lowest BCUT2D eigenvalue weighted by Crippen LogP contribution is -2.24. The Morgan fingerprint density at radius 3 is 2.67 bits per heavy atom. The molecule has 2 rings (SSSR count). The molecule has 1 N–H and O–H groups in total. The fraction of sp³-hybridized carbons (Fsp3) is 0.438. The van der Waals surface area contributed by atoms with Crippen molar-refractivity contribution in [3.05, 3.63) is 42.0 Å². The van der Waals surface area contributed by atoms with Gasteiger partial charge < -0.3 is 19.4 Å². The third-order valence-corrected chi connectivity index (χ3v) is 3.37. The molecule has 0 bridgehead atoms. The van der Waals surface area contributed by atoms with Crippen molar-refractivity contribution in [2.75, 3.05) is 20.8 Å². The van der Waals surface area contributed by atoms with E-state index in [4.69, 9.17) is 9.47 Å². The molecule has 1 aromatic carbocycles. The first kappa shape index (κ1) is 15.4. The maximum Gasteiger partial charge on any atom is 0.124 e. The lowest BCUT2D eigenvalue weighted by molar-refractivity contribution is 0.393. The Morgan fingerprint density at radius 2 is 2.10 bits per heavy atom. The molecule has 0 aliphatic rings. The van der Waals surface area contributed by atoms with Gasteiger partial charge in [-0.3, -0.25) is 0 Å². The fourth-order valence-electron chi connectivity index (χ4n) is 2.31. The van der Waals surface area contributed by atoms with E-state index in [0.717, 1.165) is 35.7 Å². The number of rotatable bonds is 7. The predicted octanol–water partition coefficient (Wildman–Crippen LogP) is 2.53. The van der Waals surface area contributed by atoms with Gasteiger partial charge in [0.1, 0.15) is 11.5 Å². The van der Waals surface area contributed by atoms with Gasteiger partial charge in [0.25, 0.3) is 0 Å². The number of hydrogen-bond donors (Lipinski definition) is 1. The summed E-state index contributed by atoms with van der Waals surface area (Å²) in [7, 11) is 5.32. The van der Waals surface area contributed by atoms with Crippen LogP contribution in [0.15, 0.2) is 30.7 Å². The number of nitrogens with one attached hydrogen (secondary N) is 1. The molecule has 0 aliphatic carbocycles. The first-order chi connectivity index (χ1) is 10.2. The number of methoxy groups -OCH3 is 2. The lowest BCUT2D eigenvalue weighted by atomic mass is 10.0. The molecule has 0 aliphatic heterocycles. The van der Waals surface area contributed by atoms with E-state index < -0.39 is 0 Å². The summed E-state index contributed by atoms with van der Waals surface area (Å²) < 4.78 is 12.8. The Hall–Kier alpha value is -2.01. The van der Waals surface area contributed by atoms with E-state index in [2.05, 4.69) is 17.2 Å². The monoisotopic (exact) mass is 289 g/mol. The molecule has 0 amide bonds. The van der Waals surface area contributed by atoms with Crippen LogP contribution in [0.25, 0.3) is 0 Å². The molecular weight excluding hydrogens is 266 g/mol. The van der Waals surface area contributed by atoms with Gasteiger partial charge in [0.05, 0.1) is 32.3 Å². The van der Waals surface area contributed by atoms with Gasteiger partial charge in [-0.05, 0) is 31.2 Å². The van der Waals surface area contributed by atoms with Crippen molar-refractivity contribution >= 4 is 0 Å². The largest absolute Gasteiger partial charge is 0.497 e. The van der Waals surface area contributed by atoms with Gasteiger partial charge in [0.2, 0.25) is 0 Å². The topological polar surface area (TPSA) is 48.3 Å². The van der Waals surface area contributed by atoms with E-state index in [1.807, 2.05) is 42.3 Å². The van der Waals surface area contributed by atoms with E-state index >= 15 is 0 Å². The molecule has 5 nitrogen and oxygen atoms in total. The Bertz CT molecular complexity index is 581. The average molecular weight is 289 g/mol. The predicted molar refractivity (Wildman–Crippen MR) is 82.9 cm³/mol. The zero-order chi connectivity index (χ0) is 15.2. The van der Waals surface area contributed by atoms with Gasteiger partial charge in [-0.1, -0.05) is 6.92 Å². The minimum Gasteiger partial charge on any atom is -0.497 e. The number of nitrogens with zero attached hydrogens (tertiary/aromatic N) is 2. The highest BCUT2D eigenvalue weighted by atomic mass is 16.5. The van der Waals surface area contributed by atoms with Crippen molar-refractivity contribution in [1.29, 1.82) is 0 Å². The molecular formula is C16H23N3O2. The van der Waals surface area contributed by atoms with Gasteiger partial charge in [0.15, 0.2) is 0 Å². The van der Waals surface area contributed by atoms with Crippen molar-refractivity contribution in [2.24, 2.45) is 7.05 Å². The van der Waals surface area contributed by atoms with Crippen molar-refractivity contribution in [3.8, 4) is 11.5 Å². The minimum atomic E-state index is -0.0174. The number of aryl methyl sites for hydroxylation is 1. The van der Waals surface area contributed by atoms with E-state index in [1.54, 1.807) is 14.2 Å². The maximum atomic E-state index is 5.50. The Balaban J connectivity index is 2.44. The van der Waals surface area contributed by atoms with E-state index in [9.17, 15) is 0 Å². The molecule has 0 fully saturated rings. The van der Waals surface area contributed by atoms with Gasteiger partial charge in [-0.25, -0.2) is 4.98 Å². The summed E-state index contributed by atoms with van der Waals surface area (Å²) in [6.07, 6.45) is 4.88. The standard InChI is InChI=1S/C16H23N3O2/c1-5-8-17-16(14-10-19(2)11-18-14)13-9-12(20-3)6-7-15(13)21-4/h6-7,9-11,16-17H,5,8H2,1-4H3. The number of imidazole rings is 1. The summed E-state index contributed by atoms with van der Waals surface area (Å²) in [6.45, 7) is 3.05. The van der Waals surface area contributed by atoms with Crippen LogP contribution in [0.1, 0.15) is 30.6 Å². The van der Waals surface area contributed by atoms with Crippen LogP contribution in [0.2, 0.25) is 0 Å². The number of hydrogen-bond acceptors (Lipinski definition) is 4. The molecule has 1 unspecified atom stereocenters. The Kier molecular flexibility index (Phi) is 5.22. The van der Waals surface area contributed by atoms with Crippen LogP contribution in [-0.2, 0) is 7.05 Å². The second-order valence-corrected chi connectivity index (χ2v) is 4.96. The second-order valence-electron chi connectivity index (χ2n) is 4.96. The molecule has 5 heteroatoms. The van der Waals surface area contributed by atoms with Crippen LogP contribution in [0.5, 0.6) is 11.5 Å². The molecule has 0 spiro atoms. The Morgan fingerprint density at radius 1 is 1.29 bits per heavy atom. The van der Waals surface area contributed by atoms with Crippen LogP contribution in [0.4, 0.5) is 0 Å². The smallest absolute Gasteiger partial charge is 0.124 e. The highest BCUT2D eigenvalue weighted by Crippen LogP contribution is 2.32. The molecule has 21 heavy (non-hydrogen) atoms. The molecule has 1 aromatic heterocycles. The average Bonchev–Trinajstić information content (AvgIpc) is 2.93. The molecule has 1 atom stereocenters. The summed E-state index contributed by atoms with van der Waals surface area (Å²) in [5.41, 5.74) is 2.00. The highest BCUT2D eigenvalue weighted by Gasteiger charge is 2.20. The van der Waals surface area contributed by atoms with Crippen LogP contribution >= 0.6 is 0 Å². The molecule has 0 saturated carbocycles. The molecule has 2 aromatic rings. The minimum absolute atomic E-state index is 0.0174. The third-order valence-electron chi connectivity index (χ3n) is 3.37. The van der Waals surface area contributed by atoms with E-state index in [-0.39, 0.29) is 6.04 Å². The molecule has 1 heterocycles. The van der Waals surface area contributed by atoms with Crippen LogP contribution in [0, 0.1) is 0 Å². The van der Waals surface area contributed by atoms with Gasteiger partial charge >= 0.3 is 0 Å². The van der Waals surface area contributed by atoms with Crippen LogP contribution in [-0.4, -0.2) is 30.3 Å². The zero-order valence-electron chi connectivity index (χ0n) is 13.1. The van der Waals surface area contributed by atoms with Crippen molar-refractivity contribution in [1.82, 2.24) is 14.9 Å². The molecule has 0 radical (unpaired) electrons. The lowest BCUT2D eigenvalue weighted by Gasteiger charge is -2.20. The number of ether oxygens (including phenoxy) is 2. The quantitative estimate of drug-likeness (QED) is 0.851. The van der Waals surface area contributed by atoms with Gasteiger partial charge in [-0.2, -0.15) is 0 Å². The summed E-state index contributed by atoms with van der Waals surface area (Å²) in [4.78, 5) is 4.48. The maximum absolute atomic E-state index is 5.50. The van der Waals surface area contributed by atoms with E-state index in [0.29, 0.717) is 0 Å². The summed E-state index contributed by atoms with van der Waals surface area (Å²) >= 11 is 0. The van der Waals surface area contributed by atoms with Gasteiger partial charge in [0, 0.05) is 18.8 Å². The number of benzene rings is 1. The summed E-state index contributed by atoms with van der Waals surface area (Å²) in [6, 6.07) is 5.81.